The number of ether oxygens (including phenoxy) is 1. The van der Waals surface area contributed by atoms with Gasteiger partial charge in [-0.3, -0.25) is 4.79 Å². The quantitative estimate of drug-likeness (QED) is 0.724. The first-order valence-electron chi connectivity index (χ1n) is 11.3. The molecule has 30 heavy (non-hydrogen) atoms. The number of nitrogens with one attached hydrogen (secondary N) is 2. The number of amides is 1. The molecule has 2 aliphatic rings. The fraction of sp³-hybridized carbons (Fsp3) is 0.480. The van der Waals surface area contributed by atoms with Crippen LogP contribution in [0, 0.1) is 0 Å². The Hall–Kier alpha value is -2.53. The van der Waals surface area contributed by atoms with Gasteiger partial charge >= 0.3 is 0 Å². The summed E-state index contributed by atoms with van der Waals surface area (Å²) >= 11 is 0. The number of para-hydroxylation sites is 1. The lowest BCUT2D eigenvalue weighted by atomic mass is 10.0. The zero-order valence-corrected chi connectivity index (χ0v) is 17.9. The Balaban J connectivity index is 1.27. The minimum atomic E-state index is -0.306. The first-order valence-corrected chi connectivity index (χ1v) is 11.3. The maximum Gasteiger partial charge on any atom is 0.242 e. The molecule has 4 rings (SSSR count). The third-order valence-electron chi connectivity index (χ3n) is 6.17. The largest absolute Gasteiger partial charge is 0.493 e. The van der Waals surface area contributed by atoms with Crippen LogP contribution in [0.3, 0.4) is 0 Å². The monoisotopic (exact) mass is 407 g/mol. The van der Waals surface area contributed by atoms with E-state index >= 15 is 0 Å². The van der Waals surface area contributed by atoms with Crippen LogP contribution < -0.4 is 15.4 Å². The van der Waals surface area contributed by atoms with Crippen LogP contribution in [0.5, 0.6) is 5.75 Å². The summed E-state index contributed by atoms with van der Waals surface area (Å²) in [5.41, 5.74) is 3.39. The summed E-state index contributed by atoms with van der Waals surface area (Å²) in [6.07, 6.45) is 5.93. The molecule has 0 radical (unpaired) electrons. The number of piperidine rings is 1. The second-order valence-corrected chi connectivity index (χ2v) is 8.45. The predicted molar refractivity (Wildman–Crippen MR) is 121 cm³/mol. The molecule has 0 bridgehead atoms. The van der Waals surface area contributed by atoms with Crippen LogP contribution in [0.2, 0.25) is 0 Å². The van der Waals surface area contributed by atoms with E-state index in [9.17, 15) is 4.79 Å². The summed E-state index contributed by atoms with van der Waals surface area (Å²) in [5, 5.41) is 6.51. The fourth-order valence-corrected chi connectivity index (χ4v) is 4.34. The van der Waals surface area contributed by atoms with E-state index in [2.05, 4.69) is 39.8 Å². The zero-order chi connectivity index (χ0) is 20.8. The smallest absolute Gasteiger partial charge is 0.242 e. The first-order chi connectivity index (χ1) is 14.7. The molecule has 0 saturated carbocycles. The molecule has 160 valence electrons. The Labute approximate surface area is 179 Å². The normalized spacial score (nSPS) is 20.0. The van der Waals surface area contributed by atoms with E-state index in [1.54, 1.807) is 0 Å². The summed E-state index contributed by atoms with van der Waals surface area (Å²) in [7, 11) is 0. The van der Waals surface area contributed by atoms with Gasteiger partial charge in [-0.1, -0.05) is 36.8 Å². The molecule has 0 aromatic heterocycles. The number of anilines is 1. The van der Waals surface area contributed by atoms with E-state index < -0.39 is 0 Å². The first kappa shape index (κ1) is 20.7. The molecule has 2 aromatic carbocycles. The van der Waals surface area contributed by atoms with Gasteiger partial charge in [0, 0.05) is 24.2 Å². The highest BCUT2D eigenvalue weighted by Gasteiger charge is 2.24. The Morgan fingerprint density at radius 2 is 1.87 bits per heavy atom. The number of likely N-dealkylation sites (tertiary alicyclic amines) is 1. The second-order valence-electron chi connectivity index (χ2n) is 8.45. The van der Waals surface area contributed by atoms with Crippen molar-refractivity contribution in [2.24, 2.45) is 0 Å². The standard InChI is InChI=1S/C25H33N3O2/c1-19(25(29)27-23-14-18-30-24-8-4-3-7-22(23)24)26-21-11-9-20(10-12-21)13-17-28-15-5-2-6-16-28/h3-4,7-12,19,23,26H,2,5-6,13-18H2,1H3,(H,27,29). The Bertz CT molecular complexity index is 831. The SMILES string of the molecule is CC(Nc1ccc(CCN2CCCCC2)cc1)C(=O)NC1CCOc2ccccc21. The fourth-order valence-electron chi connectivity index (χ4n) is 4.34. The molecule has 1 fully saturated rings. The molecule has 1 saturated heterocycles. The number of hydrogen-bond acceptors (Lipinski definition) is 4. The van der Waals surface area contributed by atoms with Gasteiger partial charge in [0.1, 0.15) is 11.8 Å². The number of hydrogen-bond donors (Lipinski definition) is 2. The van der Waals surface area contributed by atoms with Crippen LogP contribution in [0.25, 0.3) is 0 Å². The number of carbonyl (C=O) groups excluding carboxylic acids is 1. The van der Waals surface area contributed by atoms with Gasteiger partial charge < -0.3 is 20.3 Å². The average molecular weight is 408 g/mol. The van der Waals surface area contributed by atoms with Gasteiger partial charge in [0.2, 0.25) is 5.91 Å². The van der Waals surface area contributed by atoms with E-state index in [0.717, 1.165) is 36.4 Å². The number of carbonyl (C=O) groups is 1. The molecule has 2 unspecified atom stereocenters. The Kier molecular flexibility index (Phi) is 6.90. The van der Waals surface area contributed by atoms with E-state index in [1.165, 1.54) is 37.9 Å². The van der Waals surface area contributed by atoms with Gasteiger partial charge in [0.05, 0.1) is 12.6 Å². The van der Waals surface area contributed by atoms with Gasteiger partial charge in [-0.2, -0.15) is 0 Å². The van der Waals surface area contributed by atoms with Crippen molar-refractivity contribution in [1.82, 2.24) is 10.2 Å². The lowest BCUT2D eigenvalue weighted by Gasteiger charge is -2.28. The van der Waals surface area contributed by atoms with E-state index in [1.807, 2.05) is 31.2 Å². The maximum atomic E-state index is 12.7. The molecule has 2 N–H and O–H groups in total. The molecular weight excluding hydrogens is 374 g/mol. The van der Waals surface area contributed by atoms with Gasteiger partial charge in [0.15, 0.2) is 0 Å². The minimum Gasteiger partial charge on any atom is -0.493 e. The third kappa shape index (κ3) is 5.33. The second kappa shape index (κ2) is 9.98. The highest BCUT2D eigenvalue weighted by molar-refractivity contribution is 5.84. The van der Waals surface area contributed by atoms with E-state index in [0.29, 0.717) is 6.61 Å². The van der Waals surface area contributed by atoms with Crippen LogP contribution in [0.4, 0.5) is 5.69 Å². The average Bonchev–Trinajstić information content (AvgIpc) is 2.79. The molecule has 2 aliphatic heterocycles. The van der Waals surface area contributed by atoms with Crippen molar-refractivity contribution < 1.29 is 9.53 Å². The Morgan fingerprint density at radius 1 is 1.10 bits per heavy atom. The van der Waals surface area contributed by atoms with Crippen molar-refractivity contribution in [3.8, 4) is 5.75 Å². The van der Waals surface area contributed by atoms with Crippen LogP contribution in [-0.4, -0.2) is 43.1 Å². The van der Waals surface area contributed by atoms with Crippen LogP contribution in [0.1, 0.15) is 49.8 Å². The summed E-state index contributed by atoms with van der Waals surface area (Å²) < 4.78 is 5.69. The van der Waals surface area contributed by atoms with Crippen LogP contribution in [-0.2, 0) is 11.2 Å². The van der Waals surface area contributed by atoms with E-state index in [-0.39, 0.29) is 18.0 Å². The van der Waals surface area contributed by atoms with Gasteiger partial charge in [0.25, 0.3) is 0 Å². The topological polar surface area (TPSA) is 53.6 Å². The molecular formula is C25H33N3O2. The molecule has 1 amide bonds. The van der Waals surface area contributed by atoms with Gasteiger partial charge in [-0.15, -0.1) is 0 Å². The van der Waals surface area contributed by atoms with Gasteiger partial charge in [-0.25, -0.2) is 0 Å². The van der Waals surface area contributed by atoms with Crippen molar-refractivity contribution in [3.05, 3.63) is 59.7 Å². The predicted octanol–water partition coefficient (Wildman–Crippen LogP) is 4.16. The molecule has 0 aliphatic carbocycles. The van der Waals surface area contributed by atoms with Crippen molar-refractivity contribution in [1.29, 1.82) is 0 Å². The minimum absolute atomic E-state index is 0.00358. The molecule has 2 heterocycles. The van der Waals surface area contributed by atoms with Crippen LogP contribution >= 0.6 is 0 Å². The lowest BCUT2D eigenvalue weighted by Crippen LogP contribution is -2.41. The summed E-state index contributed by atoms with van der Waals surface area (Å²) in [5.74, 6) is 0.876. The molecule has 2 aromatic rings. The highest BCUT2D eigenvalue weighted by Crippen LogP contribution is 2.31. The Morgan fingerprint density at radius 3 is 2.67 bits per heavy atom. The van der Waals surface area contributed by atoms with Gasteiger partial charge in [-0.05, 0) is 63.0 Å². The molecule has 2 atom stereocenters. The summed E-state index contributed by atoms with van der Waals surface area (Å²) in [4.78, 5) is 15.3. The van der Waals surface area contributed by atoms with Crippen LogP contribution in [0.15, 0.2) is 48.5 Å². The van der Waals surface area contributed by atoms with Crippen molar-refractivity contribution in [3.63, 3.8) is 0 Å². The number of nitrogens with zero attached hydrogens (tertiary/aromatic N) is 1. The lowest BCUT2D eigenvalue weighted by molar-refractivity contribution is -0.122. The zero-order valence-electron chi connectivity index (χ0n) is 17.9. The molecule has 5 nitrogen and oxygen atoms in total. The number of fused-ring (bicyclic) bond motifs is 1. The maximum absolute atomic E-state index is 12.7. The highest BCUT2D eigenvalue weighted by atomic mass is 16.5. The van der Waals surface area contributed by atoms with Crippen molar-refractivity contribution in [2.75, 3.05) is 31.6 Å². The van der Waals surface area contributed by atoms with Crippen molar-refractivity contribution in [2.45, 2.75) is 51.1 Å². The van der Waals surface area contributed by atoms with E-state index in [4.69, 9.17) is 4.74 Å². The molecule has 0 spiro atoms. The van der Waals surface area contributed by atoms with Crippen molar-refractivity contribution >= 4 is 11.6 Å². The third-order valence-corrected chi connectivity index (χ3v) is 6.17. The number of benzene rings is 2. The molecule has 5 heteroatoms. The number of rotatable bonds is 7. The summed E-state index contributed by atoms with van der Waals surface area (Å²) in [6.45, 7) is 6.15. The summed E-state index contributed by atoms with van der Waals surface area (Å²) in [6, 6.07) is 16.1.